The highest BCUT2D eigenvalue weighted by Gasteiger charge is 2.09. The quantitative estimate of drug-likeness (QED) is 0.830. The Labute approximate surface area is 92.5 Å². The molecule has 0 aliphatic rings. The van der Waals surface area contributed by atoms with E-state index in [2.05, 4.69) is 4.72 Å². The highest BCUT2D eigenvalue weighted by molar-refractivity contribution is 8.13. The van der Waals surface area contributed by atoms with Crippen molar-refractivity contribution in [3.63, 3.8) is 0 Å². The van der Waals surface area contributed by atoms with Crippen LogP contribution in [-0.4, -0.2) is 23.1 Å². The SMILES string of the molecule is CS(=O)(=O)Nc1ccc(S(=O)(=O)Cl)cc1. The summed E-state index contributed by atoms with van der Waals surface area (Å²) in [6, 6.07) is 5.07. The van der Waals surface area contributed by atoms with E-state index in [1.165, 1.54) is 24.3 Å². The molecule has 0 aliphatic heterocycles. The maximum absolute atomic E-state index is 10.9. The zero-order valence-corrected chi connectivity index (χ0v) is 10.0. The Morgan fingerprint density at radius 1 is 1.07 bits per heavy atom. The van der Waals surface area contributed by atoms with Crippen LogP contribution in [0.2, 0.25) is 0 Å². The molecule has 5 nitrogen and oxygen atoms in total. The average Bonchev–Trinajstić information content (AvgIpc) is 2.00. The number of hydrogen-bond acceptors (Lipinski definition) is 4. The van der Waals surface area contributed by atoms with Gasteiger partial charge in [-0.3, -0.25) is 4.72 Å². The monoisotopic (exact) mass is 269 g/mol. The van der Waals surface area contributed by atoms with Crippen LogP contribution in [0.4, 0.5) is 5.69 Å². The Morgan fingerprint density at radius 3 is 1.87 bits per heavy atom. The van der Waals surface area contributed by atoms with Crippen LogP contribution < -0.4 is 4.72 Å². The molecule has 0 heterocycles. The van der Waals surface area contributed by atoms with Gasteiger partial charge < -0.3 is 0 Å². The molecule has 8 heteroatoms. The molecule has 0 saturated heterocycles. The molecule has 0 unspecified atom stereocenters. The molecule has 1 aromatic rings. The summed E-state index contributed by atoms with van der Waals surface area (Å²) in [5.41, 5.74) is 0.279. The van der Waals surface area contributed by atoms with E-state index in [1.807, 2.05) is 0 Å². The molecule has 0 aromatic heterocycles. The first kappa shape index (κ1) is 12.3. The van der Waals surface area contributed by atoms with Crippen molar-refractivity contribution >= 4 is 35.4 Å². The van der Waals surface area contributed by atoms with E-state index < -0.39 is 19.1 Å². The molecular weight excluding hydrogens is 262 g/mol. The molecule has 0 aliphatic carbocycles. The van der Waals surface area contributed by atoms with Gasteiger partial charge in [-0.1, -0.05) is 0 Å². The molecule has 0 fully saturated rings. The summed E-state index contributed by atoms with van der Waals surface area (Å²) in [7, 11) is -2.05. The van der Waals surface area contributed by atoms with E-state index in [9.17, 15) is 16.8 Å². The average molecular weight is 270 g/mol. The lowest BCUT2D eigenvalue weighted by Crippen LogP contribution is -2.09. The molecule has 1 aromatic carbocycles. The summed E-state index contributed by atoms with van der Waals surface area (Å²) in [4.78, 5) is -0.0804. The first-order chi connectivity index (χ1) is 6.68. The van der Waals surface area contributed by atoms with Gasteiger partial charge in [-0.05, 0) is 24.3 Å². The number of anilines is 1. The molecule has 0 atom stereocenters. The molecule has 1 N–H and O–H groups in total. The van der Waals surface area contributed by atoms with Crippen LogP contribution in [0.15, 0.2) is 29.2 Å². The van der Waals surface area contributed by atoms with Gasteiger partial charge in [0.15, 0.2) is 0 Å². The van der Waals surface area contributed by atoms with Crippen molar-refractivity contribution < 1.29 is 16.8 Å². The predicted octanol–water partition coefficient (Wildman–Crippen LogP) is 0.986. The summed E-state index contributed by atoms with van der Waals surface area (Å²) < 4.78 is 45.6. The topological polar surface area (TPSA) is 80.3 Å². The Kier molecular flexibility index (Phi) is 3.27. The number of halogens is 1. The van der Waals surface area contributed by atoms with Crippen LogP contribution in [0.5, 0.6) is 0 Å². The van der Waals surface area contributed by atoms with Gasteiger partial charge in [0.2, 0.25) is 10.0 Å². The maximum Gasteiger partial charge on any atom is 0.261 e. The summed E-state index contributed by atoms with van der Waals surface area (Å²) in [6.45, 7) is 0. The van der Waals surface area contributed by atoms with Crippen molar-refractivity contribution in [3.8, 4) is 0 Å². The fourth-order valence-electron chi connectivity index (χ4n) is 0.900. The second kappa shape index (κ2) is 3.99. The zero-order chi connectivity index (χ0) is 11.7. The smallest absolute Gasteiger partial charge is 0.261 e. The molecule has 84 valence electrons. The normalized spacial score (nSPS) is 12.4. The Hall–Kier alpha value is -0.790. The Morgan fingerprint density at radius 2 is 1.53 bits per heavy atom. The molecule has 0 spiro atoms. The van der Waals surface area contributed by atoms with Gasteiger partial charge in [0, 0.05) is 16.4 Å². The predicted molar refractivity (Wildman–Crippen MR) is 57.9 cm³/mol. The Bertz CT molecular complexity index is 547. The molecule has 15 heavy (non-hydrogen) atoms. The molecule has 0 radical (unpaired) electrons. The molecular formula is C7H8ClNO4S2. The van der Waals surface area contributed by atoms with E-state index in [4.69, 9.17) is 10.7 Å². The minimum atomic E-state index is -3.77. The standard InChI is InChI=1S/C7H8ClNO4S2/c1-14(10,11)9-6-2-4-7(5-3-6)15(8,12)13/h2-5,9H,1H3. The highest BCUT2D eigenvalue weighted by atomic mass is 35.7. The second-order valence-electron chi connectivity index (χ2n) is 2.84. The van der Waals surface area contributed by atoms with Crippen molar-refractivity contribution in [3.05, 3.63) is 24.3 Å². The number of sulfonamides is 1. The van der Waals surface area contributed by atoms with Crippen molar-refractivity contribution in [1.29, 1.82) is 0 Å². The van der Waals surface area contributed by atoms with E-state index in [0.717, 1.165) is 6.26 Å². The summed E-state index contributed by atoms with van der Waals surface area (Å²) in [5, 5.41) is 0. The minimum Gasteiger partial charge on any atom is -0.284 e. The van der Waals surface area contributed by atoms with Gasteiger partial charge in [-0.2, -0.15) is 0 Å². The van der Waals surface area contributed by atoms with Crippen LogP contribution in [0, 0.1) is 0 Å². The van der Waals surface area contributed by atoms with E-state index in [1.54, 1.807) is 0 Å². The van der Waals surface area contributed by atoms with Crippen LogP contribution in [0.3, 0.4) is 0 Å². The second-order valence-corrected chi connectivity index (χ2v) is 7.15. The molecule has 0 saturated carbocycles. The third kappa shape index (κ3) is 4.06. The first-order valence-electron chi connectivity index (χ1n) is 3.71. The van der Waals surface area contributed by atoms with Crippen molar-refractivity contribution in [2.24, 2.45) is 0 Å². The van der Waals surface area contributed by atoms with Crippen LogP contribution in [-0.2, 0) is 19.1 Å². The van der Waals surface area contributed by atoms with E-state index in [-0.39, 0.29) is 10.6 Å². The third-order valence-corrected chi connectivity index (χ3v) is 3.42. The number of rotatable bonds is 3. The van der Waals surface area contributed by atoms with Crippen molar-refractivity contribution in [1.82, 2.24) is 0 Å². The highest BCUT2D eigenvalue weighted by Crippen LogP contribution is 2.17. The number of benzene rings is 1. The molecule has 0 amide bonds. The number of nitrogens with one attached hydrogen (secondary N) is 1. The lowest BCUT2D eigenvalue weighted by atomic mass is 10.3. The first-order valence-corrected chi connectivity index (χ1v) is 7.91. The molecule has 1 rings (SSSR count). The van der Waals surface area contributed by atoms with Gasteiger partial charge >= 0.3 is 0 Å². The van der Waals surface area contributed by atoms with Gasteiger partial charge in [-0.15, -0.1) is 0 Å². The van der Waals surface area contributed by atoms with E-state index in [0.29, 0.717) is 0 Å². The zero-order valence-electron chi connectivity index (χ0n) is 7.64. The van der Waals surface area contributed by atoms with Gasteiger partial charge in [0.1, 0.15) is 0 Å². The van der Waals surface area contributed by atoms with Crippen LogP contribution >= 0.6 is 10.7 Å². The fraction of sp³-hybridized carbons (Fsp3) is 0.143. The minimum absolute atomic E-state index is 0.0804. The third-order valence-electron chi connectivity index (χ3n) is 1.44. The lowest BCUT2D eigenvalue weighted by Gasteiger charge is -2.03. The van der Waals surface area contributed by atoms with E-state index >= 15 is 0 Å². The van der Waals surface area contributed by atoms with Crippen molar-refractivity contribution in [2.45, 2.75) is 4.90 Å². The summed E-state index contributed by atoms with van der Waals surface area (Å²) in [5.74, 6) is 0. The van der Waals surface area contributed by atoms with Crippen LogP contribution in [0.1, 0.15) is 0 Å². The van der Waals surface area contributed by atoms with Crippen LogP contribution in [0.25, 0.3) is 0 Å². The fourth-order valence-corrected chi connectivity index (χ4v) is 2.23. The molecule has 0 bridgehead atoms. The van der Waals surface area contributed by atoms with Gasteiger partial charge in [0.05, 0.1) is 11.2 Å². The largest absolute Gasteiger partial charge is 0.284 e. The Balaban J connectivity index is 3.02. The summed E-state index contributed by atoms with van der Waals surface area (Å²) >= 11 is 0. The lowest BCUT2D eigenvalue weighted by molar-refractivity contribution is 0.606. The van der Waals surface area contributed by atoms with Gasteiger partial charge in [-0.25, -0.2) is 16.8 Å². The number of hydrogen-bond donors (Lipinski definition) is 1. The maximum atomic E-state index is 10.9. The van der Waals surface area contributed by atoms with Gasteiger partial charge in [0.25, 0.3) is 9.05 Å². The summed E-state index contributed by atoms with van der Waals surface area (Å²) in [6.07, 6.45) is 0.999. The van der Waals surface area contributed by atoms with Crippen molar-refractivity contribution in [2.75, 3.05) is 11.0 Å².